The van der Waals surface area contributed by atoms with Crippen LogP contribution in [0.1, 0.15) is 56.2 Å². The molecular formula is C30H36Cl2N4SiZr. The number of halogens is 2. The quantitative estimate of drug-likeness (QED) is 0.185. The zero-order chi connectivity index (χ0) is 24.8. The second kappa shape index (κ2) is 11.3. The Bertz CT molecular complexity index is 1420. The molecule has 0 bridgehead atoms. The minimum Gasteiger partial charge on any atom is -0.147 e. The molecule has 2 atom stereocenters. The van der Waals surface area contributed by atoms with Crippen molar-refractivity contribution in [3.8, 4) is 11.4 Å². The second-order valence-corrected chi connectivity index (χ2v) is 37.6. The third-order valence-corrected chi connectivity index (χ3v) is 37.7. The summed E-state index contributed by atoms with van der Waals surface area (Å²) in [5.41, 5.74) is 8.33. The van der Waals surface area contributed by atoms with Gasteiger partial charge < -0.3 is 0 Å². The summed E-state index contributed by atoms with van der Waals surface area (Å²) in [5, 5.41) is 0. The molecule has 2 unspecified atom stereocenters. The predicted octanol–water partition coefficient (Wildman–Crippen LogP) is 7.63. The van der Waals surface area contributed by atoms with E-state index in [9.17, 15) is 0 Å². The van der Waals surface area contributed by atoms with Crippen LogP contribution < -0.4 is 0 Å². The van der Waals surface area contributed by atoms with Crippen molar-refractivity contribution in [3.05, 3.63) is 108 Å². The van der Waals surface area contributed by atoms with Crippen molar-refractivity contribution in [2.24, 2.45) is 0 Å². The number of allylic oxidation sites excluding steroid dienone is 2. The summed E-state index contributed by atoms with van der Waals surface area (Å²) in [5.74, 6) is 0. The molecule has 0 aliphatic heterocycles. The fourth-order valence-electron chi connectivity index (χ4n) is 7.48. The molecule has 0 fully saturated rings. The number of imidazole rings is 2. The van der Waals surface area contributed by atoms with Gasteiger partial charge in [-0.3, -0.25) is 0 Å². The molecule has 8 heteroatoms. The van der Waals surface area contributed by atoms with Gasteiger partial charge in [0.15, 0.2) is 0 Å². The van der Waals surface area contributed by atoms with Gasteiger partial charge in [-0.05, 0) is 0 Å². The number of aromatic nitrogens is 4. The fraction of sp³-hybridized carbons (Fsp3) is 0.267. The van der Waals surface area contributed by atoms with Crippen LogP contribution in [-0.2, 0) is 17.4 Å². The largest absolute Gasteiger partial charge is 0.147 e. The summed E-state index contributed by atoms with van der Waals surface area (Å²) in [6.07, 6.45) is 24.2. The summed E-state index contributed by atoms with van der Waals surface area (Å²) in [6, 6.07) is 13.8. The average Bonchev–Trinajstić information content (AvgIpc) is 3.69. The molecule has 198 valence electrons. The van der Waals surface area contributed by atoms with Crippen LogP contribution >= 0.6 is 24.8 Å². The van der Waals surface area contributed by atoms with Crippen LogP contribution in [0, 0.1) is 0 Å². The first-order valence-corrected chi connectivity index (χ1v) is 25.4. The van der Waals surface area contributed by atoms with Gasteiger partial charge in [0, 0.05) is 0 Å². The molecule has 6 rings (SSSR count). The van der Waals surface area contributed by atoms with Gasteiger partial charge >= 0.3 is 217 Å². The van der Waals surface area contributed by atoms with E-state index >= 15 is 0 Å². The van der Waals surface area contributed by atoms with Crippen LogP contribution in [0.25, 0.3) is 23.5 Å². The number of nitrogens with zero attached hydrogens (tertiary/aromatic N) is 4. The van der Waals surface area contributed by atoms with Crippen molar-refractivity contribution in [1.29, 1.82) is 0 Å². The van der Waals surface area contributed by atoms with Crippen molar-refractivity contribution >= 4 is 43.8 Å². The van der Waals surface area contributed by atoms with E-state index < -0.39 is 17.4 Å². The number of benzene rings is 2. The van der Waals surface area contributed by atoms with Crippen LogP contribution in [0.5, 0.6) is 0 Å². The van der Waals surface area contributed by atoms with Gasteiger partial charge in [0.05, 0.1) is 0 Å². The maximum atomic E-state index is 4.32. The minimum atomic E-state index is -3.57. The van der Waals surface area contributed by atoms with Crippen LogP contribution in [0.3, 0.4) is 0 Å². The Labute approximate surface area is 240 Å². The third-order valence-electron chi connectivity index (χ3n) is 8.84. The number of hydrogen-bond acceptors (Lipinski definition) is 2. The molecule has 4 nitrogen and oxygen atoms in total. The Balaban J connectivity index is 0.00000168. The summed E-state index contributed by atoms with van der Waals surface area (Å²) in [4.78, 5) is 8.64. The van der Waals surface area contributed by atoms with Gasteiger partial charge in [0.1, 0.15) is 0 Å². The van der Waals surface area contributed by atoms with Crippen LogP contribution in [0.4, 0.5) is 0 Å². The molecule has 0 radical (unpaired) electrons. The molecule has 2 aromatic heterocycles. The SMILES string of the molecule is CC[CH2][Zr](=[SiH2])([CH2]CC)([CH]1C=Cc2c1cccc2-n1ccnc1)[CH]1C=Cc2c1cccc2-n1ccnc1.Cl.Cl. The summed E-state index contributed by atoms with van der Waals surface area (Å²) in [7, 11) is 0. The zero-order valence-corrected chi connectivity index (χ0v) is 27.5. The standard InChI is InChI=1S/2C12H9N2.2C3H7.2ClH.H2Si.Zr/c2*1-3-10-4-2-6-12(11(10)5-1)14-8-7-13-9-14;2*1-3-2;;;;/h2*1-9H;2*1,3H2,2H3;2*1H;1H2;. The number of fused-ring (bicyclic) bond motifs is 2. The van der Waals surface area contributed by atoms with E-state index in [1.165, 1.54) is 54.7 Å². The van der Waals surface area contributed by atoms with E-state index in [-0.39, 0.29) is 24.8 Å². The first-order chi connectivity index (χ1) is 17.6. The third kappa shape index (κ3) is 4.38. The van der Waals surface area contributed by atoms with Crippen molar-refractivity contribution in [2.45, 2.75) is 42.2 Å². The summed E-state index contributed by atoms with van der Waals surface area (Å²) < 4.78 is 8.16. The van der Waals surface area contributed by atoms with Gasteiger partial charge in [0.25, 0.3) is 0 Å². The van der Waals surface area contributed by atoms with Crippen LogP contribution in [0.15, 0.2) is 86.0 Å². The van der Waals surface area contributed by atoms with Gasteiger partial charge in [0.2, 0.25) is 0 Å². The van der Waals surface area contributed by atoms with Crippen LogP contribution in [-0.4, -0.2) is 26.0 Å². The number of rotatable bonds is 8. The molecule has 0 amide bonds. The molecular weight excluding hydrogens is 607 g/mol. The molecule has 0 saturated heterocycles. The zero-order valence-electron chi connectivity index (χ0n) is 22.0. The normalized spacial score (nSPS) is 17.6. The molecule has 2 aromatic carbocycles. The molecule has 0 N–H and O–H groups in total. The Morgan fingerprint density at radius 2 is 1.18 bits per heavy atom. The predicted molar refractivity (Wildman–Crippen MR) is 164 cm³/mol. The molecule has 2 heterocycles. The molecule has 38 heavy (non-hydrogen) atoms. The van der Waals surface area contributed by atoms with E-state index in [1.54, 1.807) is 0 Å². The van der Waals surface area contributed by atoms with Crippen molar-refractivity contribution < 1.29 is 17.4 Å². The maximum absolute atomic E-state index is 4.32. The Morgan fingerprint density at radius 3 is 1.55 bits per heavy atom. The van der Waals surface area contributed by atoms with Gasteiger partial charge in [-0.15, -0.1) is 24.8 Å². The van der Waals surface area contributed by atoms with Crippen molar-refractivity contribution in [1.82, 2.24) is 19.1 Å². The molecule has 2 aliphatic rings. The van der Waals surface area contributed by atoms with E-state index in [4.69, 9.17) is 0 Å². The van der Waals surface area contributed by atoms with Crippen LogP contribution in [0.2, 0.25) is 8.26 Å². The number of hydrogen-bond donors (Lipinski definition) is 0. The van der Waals surface area contributed by atoms with E-state index in [1.807, 2.05) is 25.0 Å². The van der Waals surface area contributed by atoms with E-state index in [0.717, 1.165) is 0 Å². The smallest absolute Gasteiger partial charge is 0.147 e. The van der Waals surface area contributed by atoms with Crippen molar-refractivity contribution in [3.63, 3.8) is 0 Å². The Morgan fingerprint density at radius 1 is 0.737 bits per heavy atom. The summed E-state index contributed by atoms with van der Waals surface area (Å²) in [6.45, 7) is 7.31. The van der Waals surface area contributed by atoms with E-state index in [2.05, 4.69) is 113 Å². The van der Waals surface area contributed by atoms with Gasteiger partial charge in [-0.2, -0.15) is 0 Å². The molecule has 4 aromatic rings. The maximum Gasteiger partial charge on any atom is -0.147 e. The minimum absolute atomic E-state index is 0. The topological polar surface area (TPSA) is 35.6 Å². The Kier molecular flexibility index (Phi) is 8.59. The summed E-state index contributed by atoms with van der Waals surface area (Å²) >= 11 is -3.57. The molecule has 2 aliphatic carbocycles. The van der Waals surface area contributed by atoms with Gasteiger partial charge in [-0.1, -0.05) is 0 Å². The molecule has 0 spiro atoms. The van der Waals surface area contributed by atoms with Crippen molar-refractivity contribution in [2.75, 3.05) is 0 Å². The second-order valence-electron chi connectivity index (χ2n) is 10.8. The molecule has 0 saturated carbocycles. The monoisotopic (exact) mass is 640 g/mol. The average molecular weight is 643 g/mol. The van der Waals surface area contributed by atoms with E-state index in [0.29, 0.717) is 7.25 Å². The van der Waals surface area contributed by atoms with Gasteiger partial charge in [-0.25, -0.2) is 0 Å². The Hall–Kier alpha value is -1.98. The fourth-order valence-corrected chi connectivity index (χ4v) is 35.2. The first kappa shape index (κ1) is 29.0. The first-order valence-electron chi connectivity index (χ1n) is 13.2.